The quantitative estimate of drug-likeness (QED) is 0.228. The van der Waals surface area contributed by atoms with Crippen molar-refractivity contribution >= 4 is 21.5 Å². The van der Waals surface area contributed by atoms with E-state index in [1.807, 2.05) is 19.1 Å². The van der Waals surface area contributed by atoms with Crippen LogP contribution in [-0.2, 0) is 29.3 Å². The summed E-state index contributed by atoms with van der Waals surface area (Å²) in [6, 6.07) is 12.8. The van der Waals surface area contributed by atoms with Gasteiger partial charge in [-0.15, -0.1) is 0 Å². The molecule has 0 atom stereocenters. The minimum Gasteiger partial charge on any atom is -0.356 e. The third-order valence-corrected chi connectivity index (χ3v) is 8.21. The molecule has 2 aromatic carbocycles. The van der Waals surface area contributed by atoms with E-state index in [-0.39, 0.29) is 10.7 Å². The number of nitrogens with one attached hydrogen (secondary N) is 1. The zero-order chi connectivity index (χ0) is 28.4. The Hall–Kier alpha value is -4.12. The summed E-state index contributed by atoms with van der Waals surface area (Å²) in [4.78, 5) is 9.36. The van der Waals surface area contributed by atoms with Crippen LogP contribution in [0.15, 0.2) is 58.2 Å². The third-order valence-electron chi connectivity index (χ3n) is 6.81. The van der Waals surface area contributed by atoms with E-state index in [9.17, 15) is 12.8 Å². The summed E-state index contributed by atoms with van der Waals surface area (Å²) < 4.78 is 49.8. The van der Waals surface area contributed by atoms with Crippen molar-refractivity contribution in [3.05, 3.63) is 88.6 Å². The van der Waals surface area contributed by atoms with Crippen molar-refractivity contribution in [2.75, 3.05) is 4.72 Å². The lowest BCUT2D eigenvalue weighted by Gasteiger charge is -2.17. The van der Waals surface area contributed by atoms with Crippen LogP contribution in [0.3, 0.4) is 0 Å². The highest BCUT2D eigenvalue weighted by Gasteiger charge is 2.25. The number of halogens is 1. The van der Waals surface area contributed by atoms with Gasteiger partial charge in [0.2, 0.25) is 11.6 Å². The zero-order valence-electron chi connectivity index (χ0n) is 22.9. The molecule has 0 amide bonds. The molecule has 5 rings (SSSR count). The Labute approximate surface area is 232 Å². The van der Waals surface area contributed by atoms with Gasteiger partial charge in [0.25, 0.3) is 10.0 Å². The Kier molecular flexibility index (Phi) is 7.66. The van der Waals surface area contributed by atoms with Gasteiger partial charge in [0.1, 0.15) is 12.2 Å². The van der Waals surface area contributed by atoms with Crippen molar-refractivity contribution in [3.8, 4) is 11.1 Å². The van der Waals surface area contributed by atoms with Gasteiger partial charge in [-0.2, -0.15) is 14.0 Å². The number of benzene rings is 2. The fourth-order valence-corrected chi connectivity index (χ4v) is 6.19. The summed E-state index contributed by atoms with van der Waals surface area (Å²) in [6.07, 6.45) is 5.58. The Morgan fingerprint density at radius 1 is 1.02 bits per heavy atom. The van der Waals surface area contributed by atoms with Gasteiger partial charge in [-0.1, -0.05) is 68.2 Å². The number of fused-ring (bicyclic) bond motifs is 1. The van der Waals surface area contributed by atoms with Gasteiger partial charge in [-0.05, 0) is 49.4 Å². The highest BCUT2D eigenvalue weighted by atomic mass is 32.2. The first-order valence-corrected chi connectivity index (χ1v) is 14.8. The molecule has 0 bridgehead atoms. The van der Waals surface area contributed by atoms with Gasteiger partial charge in [0.15, 0.2) is 11.4 Å². The van der Waals surface area contributed by atoms with E-state index in [4.69, 9.17) is 9.51 Å². The second kappa shape index (κ2) is 11.2. The first-order chi connectivity index (χ1) is 19.2. The lowest BCUT2D eigenvalue weighted by molar-refractivity contribution is 0.390. The monoisotopic (exact) mass is 562 g/mol. The molecule has 0 fully saturated rings. The van der Waals surface area contributed by atoms with Crippen LogP contribution in [-0.4, -0.2) is 33.2 Å². The van der Waals surface area contributed by atoms with Crippen LogP contribution in [0.5, 0.6) is 0 Å². The second-order valence-electron chi connectivity index (χ2n) is 9.75. The smallest absolute Gasteiger partial charge is 0.263 e. The van der Waals surface area contributed by atoms with Crippen molar-refractivity contribution < 1.29 is 17.3 Å². The number of sulfonamides is 1. The van der Waals surface area contributed by atoms with Crippen molar-refractivity contribution in [1.82, 2.24) is 24.7 Å². The van der Waals surface area contributed by atoms with E-state index in [0.29, 0.717) is 12.0 Å². The van der Waals surface area contributed by atoms with Gasteiger partial charge >= 0.3 is 0 Å². The second-order valence-corrected chi connectivity index (χ2v) is 11.4. The Bertz CT molecular complexity index is 1800. The SMILES string of the molecule is CCCc1cc(Cc2c(CCC)nc(C)n3ncnc23)ccc1-c1ccccc1S(=O)(=O)Nc1noc(C)c1F. The van der Waals surface area contributed by atoms with Gasteiger partial charge < -0.3 is 4.52 Å². The molecule has 0 unspecified atom stereocenters. The molecule has 0 aliphatic rings. The molecular weight excluding hydrogens is 531 g/mol. The van der Waals surface area contributed by atoms with E-state index in [0.717, 1.165) is 65.1 Å². The molecule has 0 saturated carbocycles. The van der Waals surface area contributed by atoms with Crippen LogP contribution in [0.25, 0.3) is 16.8 Å². The molecule has 3 aromatic heterocycles. The largest absolute Gasteiger partial charge is 0.356 e. The van der Waals surface area contributed by atoms with Gasteiger partial charge in [0.05, 0.1) is 4.90 Å². The van der Waals surface area contributed by atoms with E-state index in [1.165, 1.54) is 13.0 Å². The van der Waals surface area contributed by atoms with E-state index >= 15 is 0 Å². The highest BCUT2D eigenvalue weighted by molar-refractivity contribution is 7.92. The normalized spacial score (nSPS) is 11.8. The van der Waals surface area contributed by atoms with E-state index in [2.05, 4.69) is 39.9 Å². The maximum Gasteiger partial charge on any atom is 0.263 e. The molecule has 3 heterocycles. The molecule has 1 N–H and O–H groups in total. The van der Waals surface area contributed by atoms with Gasteiger partial charge in [0, 0.05) is 23.2 Å². The molecule has 0 saturated heterocycles. The molecule has 0 aliphatic heterocycles. The molecule has 0 spiro atoms. The molecule has 11 heteroatoms. The maximum absolute atomic E-state index is 14.3. The summed E-state index contributed by atoms with van der Waals surface area (Å²) in [5.41, 5.74) is 6.26. The molecule has 5 aromatic rings. The number of aromatic nitrogens is 5. The van der Waals surface area contributed by atoms with Gasteiger partial charge in [-0.3, -0.25) is 4.72 Å². The topological polar surface area (TPSA) is 115 Å². The average molecular weight is 563 g/mol. The molecule has 0 radical (unpaired) electrons. The number of hydrogen-bond donors (Lipinski definition) is 1. The summed E-state index contributed by atoms with van der Waals surface area (Å²) in [5.74, 6) is -0.604. The fourth-order valence-electron chi connectivity index (χ4n) is 4.98. The first-order valence-electron chi connectivity index (χ1n) is 13.3. The van der Waals surface area contributed by atoms with Crippen molar-refractivity contribution in [3.63, 3.8) is 0 Å². The van der Waals surface area contributed by atoms with Crippen LogP contribution in [0.4, 0.5) is 10.2 Å². The maximum atomic E-state index is 14.3. The first kappa shape index (κ1) is 27.4. The van der Waals surface area contributed by atoms with Crippen LogP contribution in [0, 0.1) is 19.7 Å². The number of aryl methyl sites for hydroxylation is 4. The van der Waals surface area contributed by atoms with Gasteiger partial charge in [-0.25, -0.2) is 18.4 Å². The standard InChI is InChI=1S/C29H31FN6O3S/c1-5-9-21-15-20(16-24-25(10-6-2)33-19(4)36-29(24)31-17-32-36)13-14-22(21)23-11-7-8-12-26(23)40(37,38)35-28-27(30)18(3)39-34-28/h7-8,11-15,17H,5-6,9-10,16H2,1-4H3,(H,34,35). The molecule has 40 heavy (non-hydrogen) atoms. The number of hydrogen-bond acceptors (Lipinski definition) is 7. The molecular formula is C29H31FN6O3S. The van der Waals surface area contributed by atoms with Crippen molar-refractivity contribution in [2.45, 2.75) is 64.7 Å². The van der Waals surface area contributed by atoms with Crippen LogP contribution in [0.2, 0.25) is 0 Å². The summed E-state index contributed by atoms with van der Waals surface area (Å²) in [6.45, 7) is 7.51. The Morgan fingerprint density at radius 3 is 2.52 bits per heavy atom. The summed E-state index contributed by atoms with van der Waals surface area (Å²) in [5, 5.41) is 7.85. The minimum atomic E-state index is -4.16. The Morgan fingerprint density at radius 2 is 1.80 bits per heavy atom. The third kappa shape index (κ3) is 5.21. The van der Waals surface area contributed by atoms with E-state index in [1.54, 1.807) is 29.0 Å². The Balaban J connectivity index is 1.56. The highest BCUT2D eigenvalue weighted by Crippen LogP contribution is 2.33. The summed E-state index contributed by atoms with van der Waals surface area (Å²) in [7, 11) is -4.16. The van der Waals surface area contributed by atoms with Crippen molar-refractivity contribution in [2.24, 2.45) is 0 Å². The predicted octanol–water partition coefficient (Wildman–Crippen LogP) is 5.83. The van der Waals surface area contributed by atoms with E-state index < -0.39 is 21.7 Å². The van der Waals surface area contributed by atoms with Crippen LogP contribution >= 0.6 is 0 Å². The molecule has 9 nitrogen and oxygen atoms in total. The lowest BCUT2D eigenvalue weighted by Crippen LogP contribution is -2.15. The summed E-state index contributed by atoms with van der Waals surface area (Å²) >= 11 is 0. The fraction of sp³-hybridized carbons (Fsp3) is 0.310. The minimum absolute atomic E-state index is 0.0262. The number of nitrogens with zero attached hydrogens (tertiary/aromatic N) is 5. The average Bonchev–Trinajstić information content (AvgIpc) is 3.55. The van der Waals surface area contributed by atoms with Crippen LogP contribution in [0.1, 0.15) is 60.7 Å². The van der Waals surface area contributed by atoms with Crippen LogP contribution < -0.4 is 4.72 Å². The molecule has 208 valence electrons. The number of anilines is 1. The lowest BCUT2D eigenvalue weighted by atomic mass is 9.92. The number of rotatable bonds is 10. The molecule has 0 aliphatic carbocycles. The zero-order valence-corrected chi connectivity index (χ0v) is 23.7. The predicted molar refractivity (Wildman–Crippen MR) is 150 cm³/mol. The van der Waals surface area contributed by atoms with Crippen molar-refractivity contribution in [1.29, 1.82) is 0 Å².